The molecule has 170 valence electrons. The Balaban J connectivity index is 1.51. The number of para-hydroxylation sites is 1. The molecule has 2 N–H and O–H groups in total. The van der Waals surface area contributed by atoms with E-state index in [-0.39, 0.29) is 17.0 Å². The molecule has 33 heavy (non-hydrogen) atoms. The average molecular weight is 447 g/mol. The monoisotopic (exact) mass is 446 g/mol. The van der Waals surface area contributed by atoms with Crippen molar-refractivity contribution in [1.29, 1.82) is 0 Å². The lowest BCUT2D eigenvalue weighted by Gasteiger charge is -2.25. The number of ether oxygens (including phenoxy) is 1. The number of nitrogens with zero attached hydrogens (tertiary/aromatic N) is 2. The Kier molecular flexibility index (Phi) is 5.83. The Hall–Kier alpha value is -3.65. The molecule has 4 aromatic rings. The van der Waals surface area contributed by atoms with Gasteiger partial charge >= 0.3 is 0 Å². The normalized spacial score (nSPS) is 14.6. The number of rotatable bonds is 6. The molecule has 1 amide bonds. The second-order valence-corrected chi connectivity index (χ2v) is 8.22. The van der Waals surface area contributed by atoms with Gasteiger partial charge in [0.25, 0.3) is 5.56 Å². The summed E-state index contributed by atoms with van der Waals surface area (Å²) in [6.07, 6.45) is 3.48. The first kappa shape index (κ1) is 21.2. The number of aromatic nitrogens is 2. The summed E-state index contributed by atoms with van der Waals surface area (Å²) < 4.78 is 11.5. The second-order valence-electron chi connectivity index (χ2n) is 8.22. The van der Waals surface area contributed by atoms with E-state index in [1.54, 1.807) is 24.3 Å². The maximum atomic E-state index is 12.8. The molecule has 2 aromatic carbocycles. The quantitative estimate of drug-likeness (QED) is 0.461. The van der Waals surface area contributed by atoms with Crippen molar-refractivity contribution in [1.82, 2.24) is 14.9 Å². The molecule has 3 heterocycles. The average Bonchev–Trinajstić information content (AvgIpc) is 3.20. The van der Waals surface area contributed by atoms with Crippen molar-refractivity contribution in [2.24, 2.45) is 0 Å². The maximum Gasteiger partial charge on any atom is 0.294 e. The predicted molar refractivity (Wildman–Crippen MR) is 128 cm³/mol. The molecule has 0 unspecified atom stereocenters. The Bertz CT molecular complexity index is 1370. The lowest BCUT2D eigenvalue weighted by atomic mass is 10.1. The number of fused-ring (bicyclic) bond motifs is 3. The number of H-pyrrole nitrogens is 1. The van der Waals surface area contributed by atoms with Crippen molar-refractivity contribution in [3.8, 4) is 17.1 Å². The molecular formula is C25H26N4O4. The number of carbonyl (C=O) groups excluding carboxylic acids is 1. The van der Waals surface area contributed by atoms with E-state index in [0.29, 0.717) is 47.1 Å². The molecule has 1 aliphatic rings. The summed E-state index contributed by atoms with van der Waals surface area (Å²) in [4.78, 5) is 35.1. The molecule has 1 aliphatic heterocycles. The Labute approximate surface area is 190 Å². The fourth-order valence-corrected chi connectivity index (χ4v) is 4.32. The Morgan fingerprint density at radius 2 is 2.00 bits per heavy atom. The van der Waals surface area contributed by atoms with E-state index in [1.165, 1.54) is 6.42 Å². The van der Waals surface area contributed by atoms with Crippen LogP contribution in [-0.4, -0.2) is 47.0 Å². The van der Waals surface area contributed by atoms with Crippen LogP contribution in [0.3, 0.4) is 0 Å². The SMILES string of the molecule is CCOc1ccc(NC(=O)CN2CCCCC2)cc1-c1nc2c(oc3ccccc32)c(=O)[nH]1. The van der Waals surface area contributed by atoms with Crippen molar-refractivity contribution < 1.29 is 13.9 Å². The molecule has 0 radical (unpaired) electrons. The van der Waals surface area contributed by atoms with Crippen LogP contribution in [0.2, 0.25) is 0 Å². The van der Waals surface area contributed by atoms with E-state index in [9.17, 15) is 9.59 Å². The summed E-state index contributed by atoms with van der Waals surface area (Å²) in [5.74, 6) is 0.862. The molecule has 1 saturated heterocycles. The number of aromatic amines is 1. The zero-order chi connectivity index (χ0) is 22.8. The van der Waals surface area contributed by atoms with Crippen LogP contribution in [0, 0.1) is 0 Å². The first-order valence-corrected chi connectivity index (χ1v) is 11.3. The van der Waals surface area contributed by atoms with Crippen molar-refractivity contribution in [2.45, 2.75) is 26.2 Å². The number of likely N-dealkylation sites (tertiary alicyclic amines) is 1. The third-order valence-electron chi connectivity index (χ3n) is 5.87. The van der Waals surface area contributed by atoms with E-state index in [2.05, 4.69) is 15.2 Å². The number of anilines is 1. The lowest BCUT2D eigenvalue weighted by Crippen LogP contribution is -2.36. The topological polar surface area (TPSA) is 100 Å². The molecule has 8 nitrogen and oxygen atoms in total. The first-order chi connectivity index (χ1) is 16.1. The van der Waals surface area contributed by atoms with Crippen molar-refractivity contribution in [2.75, 3.05) is 31.6 Å². The fourth-order valence-electron chi connectivity index (χ4n) is 4.32. The largest absolute Gasteiger partial charge is 0.493 e. The highest BCUT2D eigenvalue weighted by Gasteiger charge is 2.18. The molecule has 0 bridgehead atoms. The van der Waals surface area contributed by atoms with E-state index in [1.807, 2.05) is 25.1 Å². The van der Waals surface area contributed by atoms with Crippen molar-refractivity contribution >= 4 is 33.7 Å². The second kappa shape index (κ2) is 9.07. The zero-order valence-electron chi connectivity index (χ0n) is 18.5. The minimum Gasteiger partial charge on any atom is -0.493 e. The van der Waals surface area contributed by atoms with E-state index >= 15 is 0 Å². The van der Waals surface area contributed by atoms with Crippen LogP contribution in [0.25, 0.3) is 33.5 Å². The molecule has 8 heteroatoms. The van der Waals surface area contributed by atoms with Gasteiger partial charge in [0.2, 0.25) is 11.5 Å². The number of furan rings is 1. The number of carbonyl (C=O) groups is 1. The predicted octanol–water partition coefficient (Wildman–Crippen LogP) is 4.16. The van der Waals surface area contributed by atoms with Crippen LogP contribution < -0.4 is 15.6 Å². The summed E-state index contributed by atoms with van der Waals surface area (Å²) in [7, 11) is 0. The standard InChI is InChI=1S/C25H26N4O4/c1-2-32-19-11-10-16(26-21(30)15-29-12-6-3-7-13-29)14-18(19)24-27-22-17-8-4-5-9-20(17)33-23(22)25(31)28-24/h4-5,8-11,14H,2-3,6-7,12-13,15H2,1H3,(H,26,30)(H,27,28,31). The number of hydrogen-bond donors (Lipinski definition) is 2. The molecule has 2 aromatic heterocycles. The van der Waals surface area contributed by atoms with E-state index in [0.717, 1.165) is 31.3 Å². The minimum absolute atomic E-state index is 0.0651. The van der Waals surface area contributed by atoms with E-state index in [4.69, 9.17) is 14.1 Å². The summed E-state index contributed by atoms with van der Waals surface area (Å²) in [5.41, 5.74) is 2.13. The molecule has 0 atom stereocenters. The van der Waals surface area contributed by atoms with Gasteiger partial charge in [0, 0.05) is 11.1 Å². The molecule has 0 spiro atoms. The lowest BCUT2D eigenvalue weighted by molar-refractivity contribution is -0.117. The van der Waals surface area contributed by atoms with Gasteiger partial charge in [-0.05, 0) is 63.2 Å². The smallest absolute Gasteiger partial charge is 0.294 e. The van der Waals surface area contributed by atoms with Crippen LogP contribution in [0.15, 0.2) is 51.7 Å². The van der Waals surface area contributed by atoms with Gasteiger partial charge in [0.15, 0.2) is 0 Å². The van der Waals surface area contributed by atoms with Gasteiger partial charge in [0.1, 0.15) is 22.7 Å². The number of amides is 1. The third-order valence-corrected chi connectivity index (χ3v) is 5.87. The Morgan fingerprint density at radius 3 is 2.82 bits per heavy atom. The Morgan fingerprint density at radius 1 is 1.18 bits per heavy atom. The highest BCUT2D eigenvalue weighted by atomic mass is 16.5. The van der Waals surface area contributed by atoms with Gasteiger partial charge < -0.3 is 19.5 Å². The molecule has 0 saturated carbocycles. The van der Waals surface area contributed by atoms with Crippen LogP contribution in [0.1, 0.15) is 26.2 Å². The number of nitrogens with one attached hydrogen (secondary N) is 2. The number of piperidine rings is 1. The van der Waals surface area contributed by atoms with Gasteiger partial charge in [-0.25, -0.2) is 4.98 Å². The van der Waals surface area contributed by atoms with Crippen LogP contribution in [-0.2, 0) is 4.79 Å². The first-order valence-electron chi connectivity index (χ1n) is 11.3. The molecule has 0 aliphatic carbocycles. The van der Waals surface area contributed by atoms with Crippen LogP contribution in [0.4, 0.5) is 5.69 Å². The molecule has 5 rings (SSSR count). The van der Waals surface area contributed by atoms with Crippen molar-refractivity contribution in [3.05, 3.63) is 52.8 Å². The van der Waals surface area contributed by atoms with Gasteiger partial charge in [0.05, 0.1) is 18.7 Å². The highest BCUT2D eigenvalue weighted by molar-refractivity contribution is 6.02. The van der Waals surface area contributed by atoms with Crippen molar-refractivity contribution in [3.63, 3.8) is 0 Å². The number of benzene rings is 2. The summed E-state index contributed by atoms with van der Waals surface area (Å²) in [6, 6.07) is 12.8. The molecule has 1 fully saturated rings. The molecular weight excluding hydrogens is 420 g/mol. The van der Waals surface area contributed by atoms with Gasteiger partial charge in [-0.15, -0.1) is 0 Å². The third kappa shape index (κ3) is 4.34. The number of hydrogen-bond acceptors (Lipinski definition) is 6. The fraction of sp³-hybridized carbons (Fsp3) is 0.320. The van der Waals surface area contributed by atoms with Crippen LogP contribution >= 0.6 is 0 Å². The summed E-state index contributed by atoms with van der Waals surface area (Å²) in [6.45, 7) is 4.61. The van der Waals surface area contributed by atoms with Gasteiger partial charge in [-0.2, -0.15) is 0 Å². The van der Waals surface area contributed by atoms with Gasteiger partial charge in [-0.1, -0.05) is 18.6 Å². The van der Waals surface area contributed by atoms with Crippen LogP contribution in [0.5, 0.6) is 5.75 Å². The summed E-state index contributed by atoms with van der Waals surface area (Å²) in [5, 5.41) is 3.74. The van der Waals surface area contributed by atoms with Gasteiger partial charge in [-0.3, -0.25) is 14.5 Å². The minimum atomic E-state index is -0.367. The summed E-state index contributed by atoms with van der Waals surface area (Å²) >= 11 is 0. The zero-order valence-corrected chi connectivity index (χ0v) is 18.5. The van der Waals surface area contributed by atoms with E-state index < -0.39 is 0 Å². The highest BCUT2D eigenvalue weighted by Crippen LogP contribution is 2.32. The maximum absolute atomic E-state index is 12.8.